The molecule has 16 nitrogen and oxygen atoms in total. The Morgan fingerprint density at radius 2 is 1.50 bits per heavy atom. The van der Waals surface area contributed by atoms with Crippen molar-refractivity contribution in [2.24, 2.45) is 10.2 Å². The minimum atomic E-state index is -2.30. The quantitative estimate of drug-likeness (QED) is 0.107. The number of hydrogen-bond donors (Lipinski definition) is 10. The van der Waals surface area contributed by atoms with Crippen LogP contribution in [-0.4, -0.2) is 128 Å². The molecule has 0 unspecified atom stereocenters. The normalized spacial score (nSPS) is 25.4. The highest BCUT2D eigenvalue weighted by Gasteiger charge is 2.47. The molecule has 1 aliphatic rings. The van der Waals surface area contributed by atoms with E-state index in [1.54, 1.807) is 36.4 Å². The molecule has 0 saturated carbocycles. The van der Waals surface area contributed by atoms with Crippen molar-refractivity contribution in [2.45, 2.75) is 55.1 Å². The molecule has 1 heterocycles. The highest BCUT2D eigenvalue weighted by atomic mass is 16.7. The lowest BCUT2D eigenvalue weighted by Crippen LogP contribution is -2.62. The molecule has 16 heteroatoms. The minimum Gasteiger partial charge on any atom is -0.394 e. The van der Waals surface area contributed by atoms with Gasteiger partial charge in [0, 0.05) is 5.69 Å². The van der Waals surface area contributed by atoms with Gasteiger partial charge in [-0.2, -0.15) is 10.2 Å². The third-order valence-electron chi connectivity index (χ3n) is 6.25. The molecule has 230 valence electrons. The summed E-state index contributed by atoms with van der Waals surface area (Å²) in [5.74, 6) is -1.94. The van der Waals surface area contributed by atoms with Gasteiger partial charge in [-0.3, -0.25) is 9.59 Å². The van der Waals surface area contributed by atoms with Gasteiger partial charge in [0.1, 0.15) is 42.7 Å². The first kappa shape index (κ1) is 33.1. The molecule has 1 aliphatic heterocycles. The number of aliphatic hydroxyl groups excluding tert-OH is 8. The van der Waals surface area contributed by atoms with Gasteiger partial charge in [-0.25, -0.2) is 0 Å². The van der Waals surface area contributed by atoms with Crippen molar-refractivity contribution >= 4 is 28.9 Å². The summed E-state index contributed by atoms with van der Waals surface area (Å²) in [6, 6.07) is 15.4. The third kappa shape index (κ3) is 8.79. The lowest BCUT2D eigenvalue weighted by molar-refractivity contribution is -0.326. The number of nitrogens with one attached hydrogen (secondary N) is 2. The number of carbonyl (C=O) groups excluding carboxylic acids is 2. The summed E-state index contributed by atoms with van der Waals surface area (Å²) in [5.41, 5.74) is 1.55. The van der Waals surface area contributed by atoms with Gasteiger partial charge in [-0.1, -0.05) is 18.2 Å². The Balaban J connectivity index is 1.53. The Bertz CT molecular complexity index is 1170. The van der Waals surface area contributed by atoms with Crippen LogP contribution in [0.1, 0.15) is 0 Å². The maximum atomic E-state index is 12.4. The predicted molar refractivity (Wildman–Crippen MR) is 142 cm³/mol. The molecule has 0 aromatic heterocycles. The van der Waals surface area contributed by atoms with Crippen LogP contribution in [0.2, 0.25) is 0 Å². The molecule has 1 fully saturated rings. The van der Waals surface area contributed by atoms with Gasteiger partial charge in [-0.15, -0.1) is 0 Å². The number of rotatable bonds is 13. The molecule has 0 spiro atoms. The largest absolute Gasteiger partial charge is 0.394 e. The van der Waals surface area contributed by atoms with Crippen LogP contribution in [0.5, 0.6) is 0 Å². The number of carbonyl (C=O) groups is 2. The number of benzene rings is 2. The number of amides is 2. The topological polar surface area (TPSA) is 263 Å². The van der Waals surface area contributed by atoms with E-state index < -0.39 is 86.7 Å². The van der Waals surface area contributed by atoms with E-state index in [0.717, 1.165) is 0 Å². The van der Waals surface area contributed by atoms with Gasteiger partial charge in [-0.05, 0) is 36.4 Å². The minimum absolute atomic E-state index is 0.368. The Kier molecular flexibility index (Phi) is 12.4. The second kappa shape index (κ2) is 15.7. The third-order valence-corrected chi connectivity index (χ3v) is 6.25. The van der Waals surface area contributed by atoms with E-state index in [9.17, 15) is 50.4 Å². The van der Waals surface area contributed by atoms with Crippen molar-refractivity contribution in [3.8, 4) is 0 Å². The number of aliphatic hydroxyl groups is 8. The summed E-state index contributed by atoms with van der Waals surface area (Å²) in [5, 5.41) is 92.4. The standard InChI is InChI=1S/C26H34N4O12/c31-11-16(33)24(42-26-23(39)20(36)19(35)17(12-32)41-26)21(37)22(38)25(40)27-10-18(34)28-13-6-8-15(9-7-13)30-29-14-4-2-1-3-5-14/h1-9,16-17,19-24,26,31-33,35-39H,10-12H2,(H,27,40)(H,28,34)/t16-,17-,19-,20+,21-,22-,23-,24-,26+/m1/s1. The zero-order valence-corrected chi connectivity index (χ0v) is 22.1. The van der Waals surface area contributed by atoms with Crippen LogP contribution >= 0.6 is 0 Å². The molecule has 42 heavy (non-hydrogen) atoms. The summed E-state index contributed by atoms with van der Waals surface area (Å²) in [6.45, 7) is -2.45. The van der Waals surface area contributed by atoms with Crippen molar-refractivity contribution in [2.75, 3.05) is 25.1 Å². The molecule has 1 saturated heterocycles. The van der Waals surface area contributed by atoms with Crippen molar-refractivity contribution in [1.82, 2.24) is 5.32 Å². The summed E-state index contributed by atoms with van der Waals surface area (Å²) >= 11 is 0. The fraction of sp³-hybridized carbons (Fsp3) is 0.462. The number of ether oxygens (including phenoxy) is 2. The summed E-state index contributed by atoms with van der Waals surface area (Å²) in [7, 11) is 0. The second-order valence-corrected chi connectivity index (χ2v) is 9.33. The number of nitrogens with zero attached hydrogens (tertiary/aromatic N) is 2. The monoisotopic (exact) mass is 594 g/mol. The molecule has 2 aromatic carbocycles. The smallest absolute Gasteiger partial charge is 0.252 e. The lowest BCUT2D eigenvalue weighted by Gasteiger charge is -2.42. The lowest BCUT2D eigenvalue weighted by atomic mass is 9.98. The maximum Gasteiger partial charge on any atom is 0.252 e. The summed E-state index contributed by atoms with van der Waals surface area (Å²) in [4.78, 5) is 24.7. The van der Waals surface area contributed by atoms with Crippen LogP contribution in [0.25, 0.3) is 0 Å². The van der Waals surface area contributed by atoms with E-state index in [1.165, 1.54) is 0 Å². The Morgan fingerprint density at radius 3 is 2.10 bits per heavy atom. The highest BCUT2D eigenvalue weighted by Crippen LogP contribution is 2.25. The molecule has 9 atom stereocenters. The Morgan fingerprint density at radius 1 is 0.881 bits per heavy atom. The van der Waals surface area contributed by atoms with Gasteiger partial charge >= 0.3 is 0 Å². The fourth-order valence-electron chi connectivity index (χ4n) is 3.87. The van der Waals surface area contributed by atoms with Crippen molar-refractivity contribution < 1.29 is 59.9 Å². The molecule has 0 radical (unpaired) electrons. The van der Waals surface area contributed by atoms with Crippen molar-refractivity contribution in [3.63, 3.8) is 0 Å². The van der Waals surface area contributed by atoms with Gasteiger partial charge in [0.2, 0.25) is 5.91 Å². The van der Waals surface area contributed by atoms with Crippen LogP contribution in [0, 0.1) is 0 Å². The Labute approximate surface area is 239 Å². The number of anilines is 1. The molecule has 3 rings (SSSR count). The second-order valence-electron chi connectivity index (χ2n) is 9.33. The SMILES string of the molecule is O=C(CNC(=O)[C@H](O)[C@@H](O)[C@H](O[C@@H]1O[C@H](CO)[C@@H](O)[C@H](O)[C@H]1O)[C@H](O)CO)Nc1ccc(N=Nc2ccccc2)cc1. The van der Waals surface area contributed by atoms with Crippen LogP contribution in [0.3, 0.4) is 0 Å². The van der Waals surface area contributed by atoms with E-state index in [2.05, 4.69) is 20.9 Å². The molecular formula is C26H34N4O12. The van der Waals surface area contributed by atoms with E-state index in [0.29, 0.717) is 17.1 Å². The van der Waals surface area contributed by atoms with Crippen LogP contribution < -0.4 is 10.6 Å². The summed E-state index contributed by atoms with van der Waals surface area (Å²) in [6.07, 6.45) is -17.2. The van der Waals surface area contributed by atoms with Crippen molar-refractivity contribution in [1.29, 1.82) is 0 Å². The maximum absolute atomic E-state index is 12.4. The fourth-order valence-corrected chi connectivity index (χ4v) is 3.87. The van der Waals surface area contributed by atoms with Gasteiger partial charge in [0.05, 0.1) is 31.1 Å². The van der Waals surface area contributed by atoms with E-state index in [-0.39, 0.29) is 0 Å². The number of hydrogen-bond acceptors (Lipinski definition) is 14. The number of azo groups is 1. The zero-order chi connectivity index (χ0) is 30.8. The van der Waals surface area contributed by atoms with Crippen LogP contribution in [-0.2, 0) is 19.1 Å². The van der Waals surface area contributed by atoms with E-state index in [1.807, 2.05) is 18.2 Å². The first-order valence-electron chi connectivity index (χ1n) is 12.8. The van der Waals surface area contributed by atoms with Gasteiger partial charge in [0.15, 0.2) is 12.4 Å². The first-order chi connectivity index (χ1) is 20.0. The first-order valence-corrected chi connectivity index (χ1v) is 12.8. The van der Waals surface area contributed by atoms with Gasteiger partial charge < -0.3 is 61.0 Å². The molecule has 0 aliphatic carbocycles. The predicted octanol–water partition coefficient (Wildman–Crippen LogP) is -2.58. The van der Waals surface area contributed by atoms with Crippen LogP contribution in [0.4, 0.5) is 17.1 Å². The van der Waals surface area contributed by atoms with E-state index >= 15 is 0 Å². The summed E-state index contributed by atoms with van der Waals surface area (Å²) < 4.78 is 10.4. The molecule has 0 bridgehead atoms. The molecule has 2 amide bonds. The average molecular weight is 595 g/mol. The van der Waals surface area contributed by atoms with Crippen LogP contribution in [0.15, 0.2) is 64.8 Å². The molecular weight excluding hydrogens is 560 g/mol. The van der Waals surface area contributed by atoms with Gasteiger partial charge in [0.25, 0.3) is 5.91 Å². The Hall–Kier alpha value is -3.42. The highest BCUT2D eigenvalue weighted by molar-refractivity contribution is 5.95. The molecule has 2 aromatic rings. The van der Waals surface area contributed by atoms with E-state index in [4.69, 9.17) is 9.47 Å². The average Bonchev–Trinajstić information content (AvgIpc) is 3.01. The van der Waals surface area contributed by atoms with Crippen molar-refractivity contribution in [3.05, 3.63) is 54.6 Å². The molecule has 10 N–H and O–H groups in total. The zero-order valence-electron chi connectivity index (χ0n) is 22.1.